The zero-order valence-electron chi connectivity index (χ0n) is 10.4. The van der Waals surface area contributed by atoms with Crippen molar-refractivity contribution < 1.29 is 14.6 Å². The zero-order valence-corrected chi connectivity index (χ0v) is 10.4. The molecule has 2 N–H and O–H groups in total. The number of ether oxygens (including phenoxy) is 2. The number of aliphatic hydroxyl groups is 1. The van der Waals surface area contributed by atoms with Crippen molar-refractivity contribution in [1.29, 1.82) is 0 Å². The van der Waals surface area contributed by atoms with Crippen molar-refractivity contribution >= 4 is 0 Å². The van der Waals surface area contributed by atoms with Gasteiger partial charge in [-0.05, 0) is 36.5 Å². The summed E-state index contributed by atoms with van der Waals surface area (Å²) in [6.07, 6.45) is 2.15. The molecule has 1 aliphatic carbocycles. The molecule has 1 fully saturated rings. The van der Waals surface area contributed by atoms with Gasteiger partial charge < -0.3 is 19.9 Å². The molecular weight excluding hydrogens is 230 g/mol. The third-order valence-corrected chi connectivity index (χ3v) is 3.46. The van der Waals surface area contributed by atoms with Crippen LogP contribution in [0.15, 0.2) is 18.2 Å². The third-order valence-electron chi connectivity index (χ3n) is 3.46. The van der Waals surface area contributed by atoms with Crippen LogP contribution in [-0.2, 0) is 6.54 Å². The summed E-state index contributed by atoms with van der Waals surface area (Å²) in [5.74, 6) is 2.17. The van der Waals surface area contributed by atoms with Gasteiger partial charge >= 0.3 is 0 Å². The summed E-state index contributed by atoms with van der Waals surface area (Å²) in [4.78, 5) is 0. The molecule has 98 valence electrons. The lowest BCUT2D eigenvalue weighted by atomic mass is 10.2. The topological polar surface area (TPSA) is 50.7 Å². The summed E-state index contributed by atoms with van der Waals surface area (Å²) in [6.45, 7) is 2.65. The molecule has 4 nitrogen and oxygen atoms in total. The molecule has 0 radical (unpaired) electrons. The molecule has 1 unspecified atom stereocenters. The van der Waals surface area contributed by atoms with E-state index in [2.05, 4.69) is 5.32 Å². The van der Waals surface area contributed by atoms with Gasteiger partial charge in [0.05, 0.1) is 6.10 Å². The van der Waals surface area contributed by atoms with Gasteiger partial charge in [0.15, 0.2) is 11.5 Å². The molecule has 4 heteroatoms. The largest absolute Gasteiger partial charge is 0.486 e. The summed E-state index contributed by atoms with van der Waals surface area (Å²) >= 11 is 0. The zero-order chi connectivity index (χ0) is 12.4. The molecule has 0 spiro atoms. The molecule has 1 heterocycles. The highest BCUT2D eigenvalue weighted by molar-refractivity contribution is 5.43. The number of benzene rings is 1. The highest BCUT2D eigenvalue weighted by Crippen LogP contribution is 2.32. The molecule has 0 amide bonds. The number of fused-ring (bicyclic) bond motifs is 1. The van der Waals surface area contributed by atoms with Crippen LogP contribution in [0.4, 0.5) is 0 Å². The highest BCUT2D eigenvalue weighted by Gasteiger charge is 2.29. The second-order valence-corrected chi connectivity index (χ2v) is 5.01. The number of rotatable bonds is 5. The van der Waals surface area contributed by atoms with Gasteiger partial charge in [0.25, 0.3) is 0 Å². The lowest BCUT2D eigenvalue weighted by Gasteiger charge is -2.19. The predicted octanol–water partition coefficient (Wildman–Crippen LogP) is 1.32. The molecule has 0 aromatic heterocycles. The molecule has 1 saturated carbocycles. The Morgan fingerprint density at radius 3 is 2.78 bits per heavy atom. The maximum absolute atomic E-state index is 9.75. The molecular formula is C14H19NO3. The van der Waals surface area contributed by atoms with E-state index >= 15 is 0 Å². The van der Waals surface area contributed by atoms with Crippen LogP contribution in [0.2, 0.25) is 0 Å². The van der Waals surface area contributed by atoms with Gasteiger partial charge in [0, 0.05) is 13.1 Å². The maximum Gasteiger partial charge on any atom is 0.161 e. The van der Waals surface area contributed by atoms with E-state index in [0.717, 1.165) is 23.6 Å². The van der Waals surface area contributed by atoms with E-state index in [9.17, 15) is 5.11 Å². The minimum Gasteiger partial charge on any atom is -0.486 e. The van der Waals surface area contributed by atoms with Crippen molar-refractivity contribution in [3.05, 3.63) is 23.8 Å². The molecule has 1 aromatic rings. The Morgan fingerprint density at radius 2 is 2.00 bits per heavy atom. The molecule has 2 aliphatic rings. The molecule has 0 saturated heterocycles. The van der Waals surface area contributed by atoms with Crippen molar-refractivity contribution in [2.45, 2.75) is 25.5 Å². The van der Waals surface area contributed by atoms with Gasteiger partial charge in [0.1, 0.15) is 13.2 Å². The van der Waals surface area contributed by atoms with Gasteiger partial charge in [-0.3, -0.25) is 0 Å². The lowest BCUT2D eigenvalue weighted by molar-refractivity contribution is 0.148. The van der Waals surface area contributed by atoms with Crippen molar-refractivity contribution in [2.75, 3.05) is 19.8 Å². The van der Waals surface area contributed by atoms with E-state index in [4.69, 9.17) is 9.47 Å². The van der Waals surface area contributed by atoms with E-state index < -0.39 is 0 Å². The van der Waals surface area contributed by atoms with Gasteiger partial charge in [0.2, 0.25) is 0 Å². The van der Waals surface area contributed by atoms with Crippen LogP contribution in [0.25, 0.3) is 0 Å². The van der Waals surface area contributed by atoms with Crippen LogP contribution in [0.3, 0.4) is 0 Å². The van der Waals surface area contributed by atoms with Crippen LogP contribution in [0.1, 0.15) is 18.4 Å². The number of aliphatic hydroxyl groups excluding tert-OH is 1. The average Bonchev–Trinajstić information content (AvgIpc) is 3.23. The Morgan fingerprint density at radius 1 is 1.22 bits per heavy atom. The summed E-state index contributed by atoms with van der Waals surface area (Å²) in [5.41, 5.74) is 1.15. The lowest BCUT2D eigenvalue weighted by Crippen LogP contribution is -2.27. The highest BCUT2D eigenvalue weighted by atomic mass is 16.6. The second-order valence-electron chi connectivity index (χ2n) is 5.01. The van der Waals surface area contributed by atoms with Gasteiger partial charge in [-0.25, -0.2) is 0 Å². The normalized spacial score (nSPS) is 19.6. The SMILES string of the molecule is OC(CNCc1ccc2c(c1)OCCO2)C1CC1. The predicted molar refractivity (Wildman–Crippen MR) is 67.9 cm³/mol. The first-order chi connectivity index (χ1) is 8.83. The van der Waals surface area contributed by atoms with Gasteiger partial charge in [-0.1, -0.05) is 6.07 Å². The van der Waals surface area contributed by atoms with E-state index in [0.29, 0.717) is 25.7 Å². The van der Waals surface area contributed by atoms with Gasteiger partial charge in [-0.2, -0.15) is 0 Å². The molecule has 3 rings (SSSR count). The van der Waals surface area contributed by atoms with Crippen LogP contribution in [0, 0.1) is 5.92 Å². The number of hydrogen-bond donors (Lipinski definition) is 2. The Bertz CT molecular complexity index is 418. The fraction of sp³-hybridized carbons (Fsp3) is 0.571. The van der Waals surface area contributed by atoms with Crippen LogP contribution >= 0.6 is 0 Å². The van der Waals surface area contributed by atoms with Crippen molar-refractivity contribution in [3.8, 4) is 11.5 Å². The minimum atomic E-state index is -0.192. The first-order valence-corrected chi connectivity index (χ1v) is 6.60. The number of nitrogens with one attached hydrogen (secondary N) is 1. The number of hydrogen-bond acceptors (Lipinski definition) is 4. The quantitative estimate of drug-likeness (QED) is 0.826. The fourth-order valence-electron chi connectivity index (χ4n) is 2.21. The van der Waals surface area contributed by atoms with Crippen molar-refractivity contribution in [1.82, 2.24) is 5.32 Å². The smallest absolute Gasteiger partial charge is 0.161 e. The molecule has 1 aliphatic heterocycles. The molecule has 1 atom stereocenters. The van der Waals surface area contributed by atoms with Crippen LogP contribution in [0.5, 0.6) is 11.5 Å². The summed E-state index contributed by atoms with van der Waals surface area (Å²) < 4.78 is 11.0. The van der Waals surface area contributed by atoms with Crippen molar-refractivity contribution in [3.63, 3.8) is 0 Å². The fourth-order valence-corrected chi connectivity index (χ4v) is 2.21. The Kier molecular flexibility index (Phi) is 3.39. The van der Waals surface area contributed by atoms with Crippen LogP contribution in [-0.4, -0.2) is 31.0 Å². The standard InChI is InChI=1S/C14H19NO3/c16-12(11-2-3-11)9-15-8-10-1-4-13-14(7-10)18-6-5-17-13/h1,4,7,11-12,15-16H,2-3,5-6,8-9H2. The van der Waals surface area contributed by atoms with E-state index in [1.165, 1.54) is 12.8 Å². The summed E-state index contributed by atoms with van der Waals surface area (Å²) in [7, 11) is 0. The third kappa shape index (κ3) is 2.76. The summed E-state index contributed by atoms with van der Waals surface area (Å²) in [5, 5.41) is 13.0. The summed E-state index contributed by atoms with van der Waals surface area (Å²) in [6, 6.07) is 5.98. The molecule has 18 heavy (non-hydrogen) atoms. The second kappa shape index (κ2) is 5.16. The van der Waals surface area contributed by atoms with E-state index in [-0.39, 0.29) is 6.10 Å². The Labute approximate surface area is 107 Å². The van der Waals surface area contributed by atoms with Crippen molar-refractivity contribution in [2.24, 2.45) is 5.92 Å². The maximum atomic E-state index is 9.75. The molecule has 1 aromatic carbocycles. The van der Waals surface area contributed by atoms with E-state index in [1.807, 2.05) is 18.2 Å². The molecule has 0 bridgehead atoms. The first-order valence-electron chi connectivity index (χ1n) is 6.60. The van der Waals surface area contributed by atoms with Gasteiger partial charge in [-0.15, -0.1) is 0 Å². The Balaban J connectivity index is 1.52. The Hall–Kier alpha value is -1.26. The monoisotopic (exact) mass is 249 g/mol. The van der Waals surface area contributed by atoms with E-state index in [1.54, 1.807) is 0 Å². The average molecular weight is 249 g/mol. The van der Waals surface area contributed by atoms with Crippen LogP contribution < -0.4 is 14.8 Å². The minimum absolute atomic E-state index is 0.192. The first kappa shape index (κ1) is 11.8.